The van der Waals surface area contributed by atoms with Crippen LogP contribution in [0, 0.1) is 0 Å². The highest BCUT2D eigenvalue weighted by Gasteiger charge is 2.08. The molecule has 0 aliphatic rings. The lowest BCUT2D eigenvalue weighted by atomic mass is 10.1. The smallest absolute Gasteiger partial charge is 0.218 e. The van der Waals surface area contributed by atoms with Gasteiger partial charge in [0, 0.05) is 18.9 Å². The second-order valence-electron chi connectivity index (χ2n) is 7.32. The van der Waals surface area contributed by atoms with Crippen LogP contribution < -0.4 is 10.9 Å². The quantitative estimate of drug-likeness (QED) is 0.370. The zero-order valence-corrected chi connectivity index (χ0v) is 18.8. The summed E-state index contributed by atoms with van der Waals surface area (Å²) in [5, 5.41) is 8.79. The fraction of sp³-hybridized carbons (Fsp3) is 0.222. The maximum Gasteiger partial charge on any atom is 0.218 e. The summed E-state index contributed by atoms with van der Waals surface area (Å²) in [6.07, 6.45) is 6.41. The molecule has 3 aromatic heterocycles. The molecular formula is C27H27NO5. The topological polar surface area (TPSA) is 93.5 Å². The van der Waals surface area contributed by atoms with E-state index in [1.165, 1.54) is 12.3 Å². The molecule has 0 unspecified atom stereocenters. The maximum absolute atomic E-state index is 12.3. The third-order valence-corrected chi connectivity index (χ3v) is 4.86. The van der Waals surface area contributed by atoms with Crippen LogP contribution in [0.1, 0.15) is 32.3 Å². The minimum Gasteiger partial charge on any atom is -0.464 e. The lowest BCUT2D eigenvalue weighted by Crippen LogP contribution is -2.04. The summed E-state index contributed by atoms with van der Waals surface area (Å²) >= 11 is 0. The minimum atomic E-state index is -0.0566. The number of nitrogens with zero attached hydrogens (tertiary/aromatic N) is 1. The molecule has 5 rings (SSSR count). The van der Waals surface area contributed by atoms with E-state index in [1.54, 1.807) is 31.3 Å². The number of aromatic nitrogens is 1. The van der Waals surface area contributed by atoms with Crippen molar-refractivity contribution in [1.82, 2.24) is 4.98 Å². The molecule has 33 heavy (non-hydrogen) atoms. The van der Waals surface area contributed by atoms with Gasteiger partial charge < -0.3 is 13.9 Å². The molecule has 0 aliphatic carbocycles. The van der Waals surface area contributed by atoms with Gasteiger partial charge in [-0.25, -0.2) is 4.98 Å². The van der Waals surface area contributed by atoms with Gasteiger partial charge in [-0.05, 0) is 55.7 Å². The predicted octanol–water partition coefficient (Wildman–Crippen LogP) is 5.48. The fourth-order valence-corrected chi connectivity index (χ4v) is 3.27. The number of aliphatic hydroxyl groups excluding tert-OH is 1. The Morgan fingerprint density at radius 1 is 0.879 bits per heavy atom. The zero-order valence-electron chi connectivity index (χ0n) is 18.8. The lowest BCUT2D eigenvalue weighted by molar-refractivity contribution is 0.318. The van der Waals surface area contributed by atoms with E-state index in [0.29, 0.717) is 33.0 Å². The molecule has 170 valence electrons. The number of aliphatic hydroxyl groups is 1. The highest BCUT2D eigenvalue weighted by atomic mass is 16.3. The van der Waals surface area contributed by atoms with Crippen molar-refractivity contribution < 1.29 is 13.9 Å². The van der Waals surface area contributed by atoms with Crippen LogP contribution in [0.2, 0.25) is 0 Å². The molecule has 0 saturated heterocycles. The van der Waals surface area contributed by atoms with Crippen LogP contribution in [-0.4, -0.2) is 16.7 Å². The fourth-order valence-electron chi connectivity index (χ4n) is 3.27. The molecule has 6 heteroatoms. The molecule has 1 N–H and O–H groups in total. The van der Waals surface area contributed by atoms with Crippen LogP contribution in [0.15, 0.2) is 91.5 Å². The Labute approximate surface area is 191 Å². The molecule has 0 fully saturated rings. The van der Waals surface area contributed by atoms with E-state index in [-0.39, 0.29) is 17.5 Å². The van der Waals surface area contributed by atoms with Crippen molar-refractivity contribution in [3.8, 4) is 0 Å². The van der Waals surface area contributed by atoms with E-state index >= 15 is 0 Å². The molecule has 6 nitrogen and oxygen atoms in total. The number of rotatable bonds is 3. The van der Waals surface area contributed by atoms with Crippen LogP contribution >= 0.6 is 0 Å². The number of fused-ring (bicyclic) bond motifs is 3. The predicted molar refractivity (Wildman–Crippen MR) is 132 cm³/mol. The van der Waals surface area contributed by atoms with Crippen molar-refractivity contribution in [3.63, 3.8) is 0 Å². The monoisotopic (exact) mass is 445 g/mol. The minimum absolute atomic E-state index is 0.00634. The normalized spacial score (nSPS) is 10.4. The van der Waals surface area contributed by atoms with E-state index in [4.69, 9.17) is 13.9 Å². The van der Waals surface area contributed by atoms with E-state index < -0.39 is 0 Å². The highest BCUT2D eigenvalue weighted by molar-refractivity contribution is 5.87. The largest absolute Gasteiger partial charge is 0.464 e. The summed E-state index contributed by atoms with van der Waals surface area (Å²) in [5.41, 5.74) is 3.32. The second kappa shape index (κ2) is 11.7. The standard InChI is InChI=1S/C16H15NO2.C9H6O2.C2H6O/c1-2-3-6-11-9-14-15(17-10-11)16(18)12-7-4-5-8-13(12)19-14;10-8-5-6-11-9-4-2-1-3-7(8)9;1-2-3/h4-5,7-10H,2-3,6H2,1H3;1-6H;3H,2H2,1H3. The van der Waals surface area contributed by atoms with Gasteiger partial charge in [0.1, 0.15) is 11.2 Å². The van der Waals surface area contributed by atoms with Gasteiger partial charge in [0.25, 0.3) is 0 Å². The molecule has 0 bridgehead atoms. The summed E-state index contributed by atoms with van der Waals surface area (Å²) in [7, 11) is 0. The molecular weight excluding hydrogens is 418 g/mol. The van der Waals surface area contributed by atoms with Crippen molar-refractivity contribution in [3.05, 3.63) is 99.1 Å². The molecule has 0 spiro atoms. The van der Waals surface area contributed by atoms with Crippen LogP contribution in [0.4, 0.5) is 0 Å². The first-order chi connectivity index (χ1) is 16.1. The van der Waals surface area contributed by atoms with Crippen molar-refractivity contribution >= 4 is 33.0 Å². The molecule has 5 aromatic rings. The zero-order chi connectivity index (χ0) is 23.6. The van der Waals surface area contributed by atoms with Crippen molar-refractivity contribution in [2.24, 2.45) is 0 Å². The Morgan fingerprint density at radius 3 is 2.24 bits per heavy atom. The Kier molecular flexibility index (Phi) is 8.49. The first kappa shape index (κ1) is 23.9. The first-order valence-electron chi connectivity index (χ1n) is 11.0. The van der Waals surface area contributed by atoms with Gasteiger partial charge in [-0.15, -0.1) is 0 Å². The Bertz CT molecular complexity index is 1450. The SMILES string of the molecule is CCCCc1cnc2c(=O)c3ccccc3oc2c1.CCO.O=c1ccoc2ccccc12. The summed E-state index contributed by atoms with van der Waals surface area (Å²) in [6, 6.07) is 17.8. The van der Waals surface area contributed by atoms with Gasteiger partial charge in [0.05, 0.1) is 17.0 Å². The Balaban J connectivity index is 0.000000185. The Morgan fingerprint density at radius 2 is 1.55 bits per heavy atom. The third-order valence-electron chi connectivity index (χ3n) is 4.86. The highest BCUT2D eigenvalue weighted by Crippen LogP contribution is 2.18. The van der Waals surface area contributed by atoms with Crippen LogP contribution in [0.5, 0.6) is 0 Å². The van der Waals surface area contributed by atoms with Gasteiger partial charge in [0.15, 0.2) is 16.5 Å². The number of para-hydroxylation sites is 2. The third kappa shape index (κ3) is 5.93. The van der Waals surface area contributed by atoms with E-state index in [0.717, 1.165) is 24.8 Å². The van der Waals surface area contributed by atoms with E-state index in [1.807, 2.05) is 36.4 Å². The number of pyridine rings is 1. The summed E-state index contributed by atoms with van der Waals surface area (Å²) < 4.78 is 10.9. The van der Waals surface area contributed by atoms with Crippen molar-refractivity contribution in [1.29, 1.82) is 0 Å². The van der Waals surface area contributed by atoms with Crippen LogP contribution in [-0.2, 0) is 6.42 Å². The molecule has 0 atom stereocenters. The average Bonchev–Trinajstić information content (AvgIpc) is 2.84. The van der Waals surface area contributed by atoms with E-state index in [2.05, 4.69) is 11.9 Å². The number of aryl methyl sites for hydroxylation is 1. The number of hydrogen-bond donors (Lipinski definition) is 1. The molecule has 3 heterocycles. The van der Waals surface area contributed by atoms with Crippen molar-refractivity contribution in [2.45, 2.75) is 33.1 Å². The molecule has 0 aliphatic heterocycles. The van der Waals surface area contributed by atoms with Gasteiger partial charge in [-0.1, -0.05) is 37.6 Å². The lowest BCUT2D eigenvalue weighted by Gasteiger charge is -2.03. The number of hydrogen-bond acceptors (Lipinski definition) is 6. The Hall–Kier alpha value is -3.77. The number of unbranched alkanes of at least 4 members (excludes halogenated alkanes) is 1. The van der Waals surface area contributed by atoms with Gasteiger partial charge >= 0.3 is 0 Å². The van der Waals surface area contributed by atoms with Gasteiger partial charge in [-0.3, -0.25) is 9.59 Å². The second-order valence-corrected chi connectivity index (χ2v) is 7.32. The molecule has 0 amide bonds. The molecule has 0 saturated carbocycles. The van der Waals surface area contributed by atoms with E-state index in [9.17, 15) is 9.59 Å². The summed E-state index contributed by atoms with van der Waals surface area (Å²) in [4.78, 5) is 27.7. The van der Waals surface area contributed by atoms with Gasteiger partial charge in [0.2, 0.25) is 5.43 Å². The number of benzene rings is 2. The van der Waals surface area contributed by atoms with Crippen LogP contribution in [0.25, 0.3) is 33.0 Å². The maximum atomic E-state index is 12.3. The van der Waals surface area contributed by atoms with Crippen LogP contribution in [0.3, 0.4) is 0 Å². The summed E-state index contributed by atoms with van der Waals surface area (Å²) in [6.45, 7) is 4.09. The molecule has 0 radical (unpaired) electrons. The van der Waals surface area contributed by atoms with Gasteiger partial charge in [-0.2, -0.15) is 0 Å². The first-order valence-corrected chi connectivity index (χ1v) is 11.0. The van der Waals surface area contributed by atoms with Crippen molar-refractivity contribution in [2.75, 3.05) is 6.61 Å². The molecule has 2 aromatic carbocycles. The summed E-state index contributed by atoms with van der Waals surface area (Å²) in [5.74, 6) is 0. The average molecular weight is 446 g/mol.